The standard InChI is InChI=1S/C15H21NO5S/c1-15(2,3)16-9-10-20-13(14(16)17)11-5-7-12(8-6-11)21-22(4,18)19/h5-8,13H,9-10H2,1-4H3. The Morgan fingerprint density at radius 1 is 1.23 bits per heavy atom. The number of nitrogens with zero attached hydrogens (tertiary/aromatic N) is 1. The molecule has 0 saturated carbocycles. The van der Waals surface area contributed by atoms with E-state index in [-0.39, 0.29) is 17.2 Å². The molecule has 1 fully saturated rings. The van der Waals surface area contributed by atoms with Crippen LogP contribution >= 0.6 is 0 Å². The van der Waals surface area contributed by atoms with Crippen molar-refractivity contribution in [3.05, 3.63) is 29.8 Å². The minimum Gasteiger partial charge on any atom is -0.383 e. The normalized spacial score (nSPS) is 20.1. The Labute approximate surface area is 131 Å². The molecule has 1 heterocycles. The molecule has 1 aliphatic heterocycles. The first-order valence-electron chi connectivity index (χ1n) is 7.00. The Bertz CT molecular complexity index is 646. The number of morpholine rings is 1. The lowest BCUT2D eigenvalue weighted by molar-refractivity contribution is -0.160. The molecule has 0 spiro atoms. The van der Waals surface area contributed by atoms with Gasteiger partial charge in [0.1, 0.15) is 5.75 Å². The summed E-state index contributed by atoms with van der Waals surface area (Å²) >= 11 is 0. The smallest absolute Gasteiger partial charge is 0.306 e. The fourth-order valence-corrected chi connectivity index (χ4v) is 2.82. The van der Waals surface area contributed by atoms with Gasteiger partial charge in [0.15, 0.2) is 6.10 Å². The summed E-state index contributed by atoms with van der Waals surface area (Å²) in [5.74, 6) is 0.123. The molecule has 7 heteroatoms. The summed E-state index contributed by atoms with van der Waals surface area (Å²) in [7, 11) is -3.56. The van der Waals surface area contributed by atoms with Crippen molar-refractivity contribution in [1.82, 2.24) is 4.90 Å². The third kappa shape index (κ3) is 3.98. The molecule has 1 saturated heterocycles. The maximum Gasteiger partial charge on any atom is 0.306 e. The van der Waals surface area contributed by atoms with Gasteiger partial charge in [-0.2, -0.15) is 8.42 Å². The molecule has 22 heavy (non-hydrogen) atoms. The van der Waals surface area contributed by atoms with Crippen LogP contribution in [0, 0.1) is 0 Å². The van der Waals surface area contributed by atoms with Crippen LogP contribution in [0.1, 0.15) is 32.4 Å². The van der Waals surface area contributed by atoms with Gasteiger partial charge in [0, 0.05) is 12.1 Å². The number of rotatable bonds is 3. The Hall–Kier alpha value is -1.60. The zero-order valence-corrected chi connectivity index (χ0v) is 14.0. The van der Waals surface area contributed by atoms with Crippen LogP contribution in [0.4, 0.5) is 0 Å². The summed E-state index contributed by atoms with van der Waals surface area (Å²) in [6, 6.07) is 6.33. The molecule has 1 atom stereocenters. The Morgan fingerprint density at radius 3 is 2.32 bits per heavy atom. The predicted molar refractivity (Wildman–Crippen MR) is 82.1 cm³/mol. The molecule has 2 rings (SSSR count). The Morgan fingerprint density at radius 2 is 1.82 bits per heavy atom. The van der Waals surface area contributed by atoms with Gasteiger partial charge >= 0.3 is 10.1 Å². The van der Waals surface area contributed by atoms with E-state index in [1.807, 2.05) is 20.8 Å². The molecule has 1 amide bonds. The molecular weight excluding hydrogens is 306 g/mol. The summed E-state index contributed by atoms with van der Waals surface area (Å²) < 4.78 is 32.5. The molecule has 0 aliphatic carbocycles. The first-order chi connectivity index (χ1) is 10.1. The van der Waals surface area contributed by atoms with Gasteiger partial charge in [0.25, 0.3) is 5.91 Å². The van der Waals surface area contributed by atoms with E-state index in [9.17, 15) is 13.2 Å². The van der Waals surface area contributed by atoms with E-state index in [4.69, 9.17) is 8.92 Å². The molecule has 0 radical (unpaired) electrons. The van der Waals surface area contributed by atoms with Crippen LogP contribution in [0.15, 0.2) is 24.3 Å². The summed E-state index contributed by atoms with van der Waals surface area (Å²) in [5, 5.41) is 0. The van der Waals surface area contributed by atoms with Gasteiger partial charge in [-0.05, 0) is 38.5 Å². The Balaban J connectivity index is 2.19. The van der Waals surface area contributed by atoms with Gasteiger partial charge in [-0.15, -0.1) is 0 Å². The summed E-state index contributed by atoms with van der Waals surface area (Å²) in [6.45, 7) is 6.98. The lowest BCUT2D eigenvalue weighted by Crippen LogP contribution is -2.52. The van der Waals surface area contributed by atoms with E-state index < -0.39 is 16.2 Å². The molecule has 0 aromatic heterocycles. The molecule has 0 bridgehead atoms. The topological polar surface area (TPSA) is 72.9 Å². The van der Waals surface area contributed by atoms with E-state index in [0.717, 1.165) is 6.26 Å². The van der Waals surface area contributed by atoms with Crippen LogP contribution < -0.4 is 4.18 Å². The van der Waals surface area contributed by atoms with E-state index in [0.29, 0.717) is 18.7 Å². The molecule has 1 aliphatic rings. The number of carbonyl (C=O) groups excluding carboxylic acids is 1. The van der Waals surface area contributed by atoms with Crippen molar-refractivity contribution in [3.63, 3.8) is 0 Å². The number of benzene rings is 1. The van der Waals surface area contributed by atoms with E-state index in [1.165, 1.54) is 12.1 Å². The second-order valence-corrected chi connectivity index (χ2v) is 7.84. The molecule has 1 aromatic rings. The SMILES string of the molecule is CC(C)(C)N1CCOC(c2ccc(OS(C)(=O)=O)cc2)C1=O. The maximum atomic E-state index is 12.6. The first kappa shape index (κ1) is 16.8. The maximum absolute atomic E-state index is 12.6. The number of carbonyl (C=O) groups is 1. The minimum atomic E-state index is -3.56. The van der Waals surface area contributed by atoms with Crippen molar-refractivity contribution in [3.8, 4) is 5.75 Å². The molecule has 1 aromatic carbocycles. The highest BCUT2D eigenvalue weighted by Gasteiger charge is 2.36. The van der Waals surface area contributed by atoms with Crippen LogP contribution in [0.25, 0.3) is 0 Å². The quantitative estimate of drug-likeness (QED) is 0.791. The van der Waals surface area contributed by atoms with E-state index in [2.05, 4.69) is 0 Å². The van der Waals surface area contributed by atoms with Gasteiger partial charge in [0.05, 0.1) is 12.9 Å². The molecule has 6 nitrogen and oxygen atoms in total. The summed E-state index contributed by atoms with van der Waals surface area (Å²) in [6.07, 6.45) is 0.316. The predicted octanol–water partition coefficient (Wildman–Crippen LogP) is 1.72. The van der Waals surface area contributed by atoms with Crippen molar-refractivity contribution in [2.45, 2.75) is 32.4 Å². The van der Waals surface area contributed by atoms with Crippen LogP contribution in [-0.4, -0.2) is 44.2 Å². The highest BCUT2D eigenvalue weighted by Crippen LogP contribution is 2.29. The largest absolute Gasteiger partial charge is 0.383 e. The third-order valence-corrected chi connectivity index (χ3v) is 3.83. The zero-order valence-electron chi connectivity index (χ0n) is 13.2. The summed E-state index contributed by atoms with van der Waals surface area (Å²) in [4.78, 5) is 14.4. The van der Waals surface area contributed by atoms with Gasteiger partial charge in [-0.3, -0.25) is 4.79 Å². The fraction of sp³-hybridized carbons (Fsp3) is 0.533. The number of hydrogen-bond donors (Lipinski definition) is 0. The number of amides is 1. The highest BCUT2D eigenvalue weighted by atomic mass is 32.2. The molecule has 1 unspecified atom stereocenters. The van der Waals surface area contributed by atoms with Gasteiger partial charge in [-0.25, -0.2) is 0 Å². The van der Waals surface area contributed by atoms with E-state index >= 15 is 0 Å². The van der Waals surface area contributed by atoms with Gasteiger partial charge < -0.3 is 13.8 Å². The second kappa shape index (κ2) is 5.89. The van der Waals surface area contributed by atoms with Crippen molar-refractivity contribution in [2.75, 3.05) is 19.4 Å². The third-order valence-electron chi connectivity index (χ3n) is 3.33. The van der Waals surface area contributed by atoms with Crippen molar-refractivity contribution < 1.29 is 22.1 Å². The highest BCUT2D eigenvalue weighted by molar-refractivity contribution is 7.86. The lowest BCUT2D eigenvalue weighted by Gasteiger charge is -2.41. The van der Waals surface area contributed by atoms with Crippen molar-refractivity contribution in [2.24, 2.45) is 0 Å². The lowest BCUT2D eigenvalue weighted by atomic mass is 10.0. The number of hydrogen-bond acceptors (Lipinski definition) is 5. The summed E-state index contributed by atoms with van der Waals surface area (Å²) in [5.41, 5.74) is 0.415. The van der Waals surface area contributed by atoms with Gasteiger partial charge in [0.2, 0.25) is 0 Å². The average molecular weight is 327 g/mol. The number of ether oxygens (including phenoxy) is 1. The first-order valence-corrected chi connectivity index (χ1v) is 8.82. The molecular formula is C15H21NO5S. The Kier molecular flexibility index (Phi) is 4.49. The van der Waals surface area contributed by atoms with Crippen LogP contribution in [0.5, 0.6) is 5.75 Å². The zero-order chi connectivity index (χ0) is 16.5. The van der Waals surface area contributed by atoms with Gasteiger partial charge in [-0.1, -0.05) is 12.1 Å². The van der Waals surface area contributed by atoms with E-state index in [1.54, 1.807) is 17.0 Å². The second-order valence-electron chi connectivity index (χ2n) is 6.27. The monoisotopic (exact) mass is 327 g/mol. The van der Waals surface area contributed by atoms with Crippen molar-refractivity contribution >= 4 is 16.0 Å². The fourth-order valence-electron chi connectivity index (χ4n) is 2.36. The average Bonchev–Trinajstić information content (AvgIpc) is 2.37. The molecule has 122 valence electrons. The van der Waals surface area contributed by atoms with Crippen LogP contribution in [0.3, 0.4) is 0 Å². The van der Waals surface area contributed by atoms with Crippen LogP contribution in [0.2, 0.25) is 0 Å². The minimum absolute atomic E-state index is 0.0875. The van der Waals surface area contributed by atoms with Crippen LogP contribution in [-0.2, 0) is 19.6 Å². The molecule has 0 N–H and O–H groups in total. The van der Waals surface area contributed by atoms with Crippen molar-refractivity contribution in [1.29, 1.82) is 0 Å².